The third-order valence-electron chi connectivity index (χ3n) is 4.28. The molecule has 0 saturated heterocycles. The predicted molar refractivity (Wildman–Crippen MR) is 80.9 cm³/mol. The molecule has 112 valence electrons. The molecule has 1 heterocycles. The molecule has 2 aromatic rings. The topological polar surface area (TPSA) is 104 Å². The van der Waals surface area contributed by atoms with Gasteiger partial charge in [-0.25, -0.2) is 4.79 Å². The van der Waals surface area contributed by atoms with Crippen LogP contribution in [-0.4, -0.2) is 21.4 Å². The molecular formula is C15H20N4O2. The lowest BCUT2D eigenvalue weighted by molar-refractivity contribution is -0.123. The molecule has 3 rings (SSSR count). The molecule has 1 aromatic heterocycles. The lowest BCUT2D eigenvalue weighted by atomic mass is 9.75. The molecule has 1 amide bonds. The molecule has 1 atom stereocenters. The molecule has 0 aliphatic heterocycles. The molecular weight excluding hydrogens is 268 g/mol. The van der Waals surface area contributed by atoms with Crippen LogP contribution in [-0.2, 0) is 4.79 Å². The molecule has 21 heavy (non-hydrogen) atoms. The van der Waals surface area contributed by atoms with Crippen LogP contribution in [0.25, 0.3) is 11.0 Å². The molecule has 6 nitrogen and oxygen atoms in total. The number of imidazole rings is 1. The molecule has 1 aromatic carbocycles. The van der Waals surface area contributed by atoms with Crippen LogP contribution in [0.3, 0.4) is 0 Å². The number of aromatic amines is 2. The standard InChI is InChI=1S/C15H20N4O2/c1-9(17-13(20)8-15(16)5-2-6-15)10-3-4-11-12(7-10)19-14(21)18-11/h3-4,7,9H,2,5-6,8,16H2,1H3,(H,17,20)(H2,18,19,21). The molecule has 1 saturated carbocycles. The minimum absolute atomic E-state index is 0.0210. The summed E-state index contributed by atoms with van der Waals surface area (Å²) in [5.74, 6) is -0.0210. The first-order chi connectivity index (χ1) is 9.95. The first-order valence-electron chi connectivity index (χ1n) is 7.25. The van der Waals surface area contributed by atoms with E-state index in [1.807, 2.05) is 25.1 Å². The lowest BCUT2D eigenvalue weighted by Crippen LogP contribution is -2.50. The van der Waals surface area contributed by atoms with E-state index < -0.39 is 0 Å². The van der Waals surface area contributed by atoms with Crippen molar-refractivity contribution in [3.05, 3.63) is 34.2 Å². The van der Waals surface area contributed by atoms with Crippen LogP contribution < -0.4 is 16.7 Å². The second-order valence-electron chi connectivity index (χ2n) is 6.07. The molecule has 1 fully saturated rings. The Labute approximate surface area is 122 Å². The highest BCUT2D eigenvalue weighted by molar-refractivity contribution is 5.79. The summed E-state index contributed by atoms with van der Waals surface area (Å²) in [7, 11) is 0. The van der Waals surface area contributed by atoms with Crippen molar-refractivity contribution in [1.82, 2.24) is 15.3 Å². The number of carbonyl (C=O) groups is 1. The van der Waals surface area contributed by atoms with E-state index in [4.69, 9.17) is 5.73 Å². The fourth-order valence-electron chi connectivity index (χ4n) is 2.82. The third-order valence-corrected chi connectivity index (χ3v) is 4.28. The van der Waals surface area contributed by atoms with E-state index in [1.54, 1.807) is 0 Å². The van der Waals surface area contributed by atoms with Crippen LogP contribution in [0.2, 0.25) is 0 Å². The largest absolute Gasteiger partial charge is 0.350 e. The summed E-state index contributed by atoms with van der Waals surface area (Å²) in [4.78, 5) is 28.7. The van der Waals surface area contributed by atoms with Crippen molar-refractivity contribution in [2.24, 2.45) is 5.73 Å². The fourth-order valence-corrected chi connectivity index (χ4v) is 2.82. The van der Waals surface area contributed by atoms with Crippen LogP contribution in [0.1, 0.15) is 44.2 Å². The number of hydrogen-bond donors (Lipinski definition) is 4. The Hall–Kier alpha value is -2.08. The van der Waals surface area contributed by atoms with Gasteiger partial charge in [0, 0.05) is 12.0 Å². The summed E-state index contributed by atoms with van der Waals surface area (Å²) >= 11 is 0. The zero-order valence-corrected chi connectivity index (χ0v) is 12.0. The van der Waals surface area contributed by atoms with Gasteiger partial charge in [-0.1, -0.05) is 6.07 Å². The van der Waals surface area contributed by atoms with Crippen molar-refractivity contribution in [3.63, 3.8) is 0 Å². The van der Waals surface area contributed by atoms with Gasteiger partial charge in [-0.15, -0.1) is 0 Å². The molecule has 6 heteroatoms. The van der Waals surface area contributed by atoms with Gasteiger partial charge in [-0.3, -0.25) is 4.79 Å². The van der Waals surface area contributed by atoms with E-state index in [0.717, 1.165) is 35.9 Å². The maximum Gasteiger partial charge on any atom is 0.323 e. The number of nitrogens with one attached hydrogen (secondary N) is 3. The second kappa shape index (κ2) is 5.04. The van der Waals surface area contributed by atoms with E-state index >= 15 is 0 Å². The number of amides is 1. The number of carbonyl (C=O) groups excluding carboxylic acids is 1. The fraction of sp³-hybridized carbons (Fsp3) is 0.467. The van der Waals surface area contributed by atoms with Gasteiger partial charge in [0.05, 0.1) is 17.1 Å². The highest BCUT2D eigenvalue weighted by atomic mass is 16.2. The zero-order chi connectivity index (χ0) is 15.0. The zero-order valence-electron chi connectivity index (χ0n) is 12.0. The Balaban J connectivity index is 1.69. The molecule has 5 N–H and O–H groups in total. The lowest BCUT2D eigenvalue weighted by Gasteiger charge is -2.37. The summed E-state index contributed by atoms with van der Waals surface area (Å²) in [5, 5.41) is 2.97. The average Bonchev–Trinajstić information content (AvgIpc) is 2.75. The third kappa shape index (κ3) is 2.85. The summed E-state index contributed by atoms with van der Waals surface area (Å²) < 4.78 is 0. The number of rotatable bonds is 4. The van der Waals surface area contributed by atoms with Crippen molar-refractivity contribution in [2.75, 3.05) is 0 Å². The predicted octanol–water partition coefficient (Wildman–Crippen LogP) is 1.30. The Morgan fingerprint density at radius 1 is 1.38 bits per heavy atom. The van der Waals surface area contributed by atoms with Crippen molar-refractivity contribution >= 4 is 16.9 Å². The van der Waals surface area contributed by atoms with Crippen LogP contribution in [0.5, 0.6) is 0 Å². The van der Waals surface area contributed by atoms with E-state index in [1.165, 1.54) is 0 Å². The molecule has 1 aliphatic rings. The minimum atomic E-state index is -0.306. The number of nitrogens with two attached hydrogens (primary N) is 1. The van der Waals surface area contributed by atoms with Gasteiger partial charge in [-0.2, -0.15) is 0 Å². The maximum atomic E-state index is 12.0. The number of H-pyrrole nitrogens is 2. The first-order valence-corrected chi connectivity index (χ1v) is 7.25. The number of benzene rings is 1. The Bertz CT molecular complexity index is 727. The molecule has 1 unspecified atom stereocenters. The van der Waals surface area contributed by atoms with Gasteiger partial charge in [0.1, 0.15) is 0 Å². The smallest absolute Gasteiger partial charge is 0.323 e. The summed E-state index contributed by atoms with van der Waals surface area (Å²) in [6, 6.07) is 5.49. The molecule has 0 spiro atoms. The van der Waals surface area contributed by atoms with E-state index in [2.05, 4.69) is 15.3 Å². The van der Waals surface area contributed by atoms with Crippen molar-refractivity contribution < 1.29 is 4.79 Å². The summed E-state index contributed by atoms with van der Waals surface area (Å²) in [5.41, 5.74) is 8.01. The Morgan fingerprint density at radius 2 is 2.10 bits per heavy atom. The second-order valence-corrected chi connectivity index (χ2v) is 6.07. The van der Waals surface area contributed by atoms with Crippen LogP contribution in [0.4, 0.5) is 0 Å². The van der Waals surface area contributed by atoms with Crippen molar-refractivity contribution in [1.29, 1.82) is 0 Å². The van der Waals surface area contributed by atoms with Crippen molar-refractivity contribution in [2.45, 2.75) is 44.2 Å². The Kier molecular flexibility index (Phi) is 3.33. The number of aromatic nitrogens is 2. The SMILES string of the molecule is CC(NC(=O)CC1(N)CCC1)c1ccc2[nH]c(=O)[nH]c2c1. The van der Waals surface area contributed by atoms with Gasteiger partial charge in [-0.05, 0) is 43.9 Å². The molecule has 1 aliphatic carbocycles. The quantitative estimate of drug-likeness (QED) is 0.681. The van der Waals surface area contributed by atoms with Crippen molar-refractivity contribution in [3.8, 4) is 0 Å². The minimum Gasteiger partial charge on any atom is -0.350 e. The van der Waals surface area contributed by atoms with Gasteiger partial charge >= 0.3 is 5.69 Å². The van der Waals surface area contributed by atoms with Gasteiger partial charge in [0.25, 0.3) is 0 Å². The van der Waals surface area contributed by atoms with Crippen LogP contribution in [0, 0.1) is 0 Å². The highest BCUT2D eigenvalue weighted by Crippen LogP contribution is 2.32. The van der Waals surface area contributed by atoms with E-state index in [9.17, 15) is 9.59 Å². The summed E-state index contributed by atoms with van der Waals surface area (Å²) in [6.45, 7) is 1.92. The van der Waals surface area contributed by atoms with E-state index in [-0.39, 0.29) is 23.2 Å². The van der Waals surface area contributed by atoms with Gasteiger partial charge in [0.2, 0.25) is 5.91 Å². The highest BCUT2D eigenvalue weighted by Gasteiger charge is 2.34. The molecule has 0 radical (unpaired) electrons. The summed E-state index contributed by atoms with van der Waals surface area (Å²) in [6.07, 6.45) is 3.33. The van der Waals surface area contributed by atoms with E-state index in [0.29, 0.717) is 6.42 Å². The van der Waals surface area contributed by atoms with Crippen LogP contribution >= 0.6 is 0 Å². The average molecular weight is 288 g/mol. The van der Waals surface area contributed by atoms with Crippen LogP contribution in [0.15, 0.2) is 23.0 Å². The number of hydrogen-bond acceptors (Lipinski definition) is 3. The van der Waals surface area contributed by atoms with Gasteiger partial charge < -0.3 is 21.0 Å². The first kappa shape index (κ1) is 13.9. The molecule has 0 bridgehead atoms. The monoisotopic (exact) mass is 288 g/mol. The van der Waals surface area contributed by atoms with Gasteiger partial charge in [0.15, 0.2) is 0 Å². The normalized spacial score (nSPS) is 18.2. The number of fused-ring (bicyclic) bond motifs is 1. The maximum absolute atomic E-state index is 12.0. The Morgan fingerprint density at radius 3 is 2.76 bits per heavy atom.